The van der Waals surface area contributed by atoms with Crippen molar-refractivity contribution in [3.8, 4) is 0 Å². The van der Waals surface area contributed by atoms with Crippen LogP contribution in [0.15, 0.2) is 0 Å². The lowest BCUT2D eigenvalue weighted by atomic mass is 10.0. The Hall–Kier alpha value is -0.170. The van der Waals surface area contributed by atoms with Gasteiger partial charge in [0.1, 0.15) is 0 Å². The van der Waals surface area contributed by atoms with Gasteiger partial charge in [-0.05, 0) is 39.9 Å². The fourth-order valence-corrected chi connectivity index (χ4v) is 3.35. The van der Waals surface area contributed by atoms with Gasteiger partial charge in [0.25, 0.3) is 0 Å². The van der Waals surface area contributed by atoms with Crippen molar-refractivity contribution in [2.24, 2.45) is 0 Å². The molecule has 1 N–H and O–H groups in total. The molecule has 1 aliphatic rings. The molecule has 0 aromatic heterocycles. The van der Waals surface area contributed by atoms with Crippen LogP contribution in [-0.2, 0) is 10.0 Å². The van der Waals surface area contributed by atoms with Crippen LogP contribution in [0.3, 0.4) is 0 Å². The molecule has 1 fully saturated rings. The SMILES string of the molecule is CN(C)CCN(C)S(=O)(=O)CCC1CCCCN1. The maximum atomic E-state index is 12.1. The Kier molecular flexibility index (Phi) is 6.55. The molecule has 18 heavy (non-hydrogen) atoms. The molecule has 0 amide bonds. The number of nitrogens with zero attached hydrogens (tertiary/aromatic N) is 2. The monoisotopic (exact) mass is 277 g/mol. The van der Waals surface area contributed by atoms with Gasteiger partial charge in [-0.3, -0.25) is 0 Å². The van der Waals surface area contributed by atoms with Crippen LogP contribution in [0.4, 0.5) is 0 Å². The Balaban J connectivity index is 2.33. The Morgan fingerprint density at radius 2 is 1.89 bits per heavy atom. The van der Waals surface area contributed by atoms with Crippen molar-refractivity contribution in [1.82, 2.24) is 14.5 Å². The van der Waals surface area contributed by atoms with E-state index in [2.05, 4.69) is 5.32 Å². The smallest absolute Gasteiger partial charge is 0.213 e. The van der Waals surface area contributed by atoms with E-state index in [1.54, 1.807) is 7.05 Å². The molecule has 1 saturated heterocycles. The molecular weight excluding hydrogens is 250 g/mol. The lowest BCUT2D eigenvalue weighted by molar-refractivity contribution is 0.355. The summed E-state index contributed by atoms with van der Waals surface area (Å²) in [5.41, 5.74) is 0. The van der Waals surface area contributed by atoms with Gasteiger partial charge in [-0.15, -0.1) is 0 Å². The molecule has 1 aliphatic heterocycles. The molecule has 0 radical (unpaired) electrons. The van der Waals surface area contributed by atoms with Crippen molar-refractivity contribution >= 4 is 10.0 Å². The van der Waals surface area contributed by atoms with Crippen LogP contribution < -0.4 is 5.32 Å². The molecule has 1 heterocycles. The van der Waals surface area contributed by atoms with Crippen LogP contribution in [-0.4, -0.2) is 70.2 Å². The van der Waals surface area contributed by atoms with E-state index in [0.717, 1.165) is 25.9 Å². The van der Waals surface area contributed by atoms with Gasteiger partial charge in [-0.25, -0.2) is 12.7 Å². The van der Waals surface area contributed by atoms with Gasteiger partial charge in [0.2, 0.25) is 10.0 Å². The third-order valence-corrected chi connectivity index (χ3v) is 5.36. The van der Waals surface area contributed by atoms with E-state index in [0.29, 0.717) is 12.6 Å². The molecule has 108 valence electrons. The molecule has 0 bridgehead atoms. The van der Waals surface area contributed by atoms with Gasteiger partial charge >= 0.3 is 0 Å². The van der Waals surface area contributed by atoms with Crippen LogP contribution in [0, 0.1) is 0 Å². The van der Waals surface area contributed by atoms with Crippen LogP contribution in [0.1, 0.15) is 25.7 Å². The van der Waals surface area contributed by atoms with Gasteiger partial charge in [0.05, 0.1) is 5.75 Å². The number of likely N-dealkylation sites (N-methyl/N-ethyl adjacent to an activating group) is 2. The Morgan fingerprint density at radius 3 is 2.44 bits per heavy atom. The van der Waals surface area contributed by atoms with Crippen LogP contribution >= 0.6 is 0 Å². The zero-order valence-electron chi connectivity index (χ0n) is 11.9. The average molecular weight is 277 g/mol. The van der Waals surface area contributed by atoms with E-state index in [1.165, 1.54) is 17.1 Å². The fourth-order valence-electron chi connectivity index (χ4n) is 2.10. The van der Waals surface area contributed by atoms with Gasteiger partial charge in [0, 0.05) is 26.2 Å². The summed E-state index contributed by atoms with van der Waals surface area (Å²) in [6, 6.07) is 0.385. The van der Waals surface area contributed by atoms with Crippen LogP contribution in [0.2, 0.25) is 0 Å². The number of hydrogen-bond donors (Lipinski definition) is 1. The maximum Gasteiger partial charge on any atom is 0.213 e. The molecular formula is C12H27N3O2S. The summed E-state index contributed by atoms with van der Waals surface area (Å²) in [6.07, 6.45) is 4.27. The topological polar surface area (TPSA) is 52.7 Å². The second-order valence-corrected chi connectivity index (χ2v) is 7.57. The maximum absolute atomic E-state index is 12.1. The predicted octanol–water partition coefficient (Wildman–Crippen LogP) is 0.342. The number of hydrogen-bond acceptors (Lipinski definition) is 4. The molecule has 0 spiro atoms. The summed E-state index contributed by atoms with van der Waals surface area (Å²) in [4.78, 5) is 1.99. The van der Waals surface area contributed by atoms with E-state index in [1.807, 2.05) is 19.0 Å². The van der Waals surface area contributed by atoms with Crippen molar-refractivity contribution in [2.45, 2.75) is 31.7 Å². The van der Waals surface area contributed by atoms with Crippen LogP contribution in [0.5, 0.6) is 0 Å². The molecule has 0 aromatic carbocycles. The normalized spacial score (nSPS) is 21.7. The number of piperidine rings is 1. The largest absolute Gasteiger partial charge is 0.314 e. The summed E-state index contributed by atoms with van der Waals surface area (Å²) in [5, 5.41) is 3.39. The number of nitrogens with one attached hydrogen (secondary N) is 1. The minimum absolute atomic E-state index is 0.259. The second kappa shape index (κ2) is 7.43. The summed E-state index contributed by atoms with van der Waals surface area (Å²) >= 11 is 0. The lowest BCUT2D eigenvalue weighted by Crippen LogP contribution is -2.39. The van der Waals surface area contributed by atoms with E-state index in [-0.39, 0.29) is 5.75 Å². The van der Waals surface area contributed by atoms with E-state index >= 15 is 0 Å². The van der Waals surface area contributed by atoms with E-state index < -0.39 is 10.0 Å². The summed E-state index contributed by atoms with van der Waals surface area (Å²) in [7, 11) is 2.49. The molecule has 0 aliphatic carbocycles. The predicted molar refractivity (Wildman–Crippen MR) is 75.2 cm³/mol. The first-order valence-electron chi connectivity index (χ1n) is 6.74. The van der Waals surface area contributed by atoms with Crippen molar-refractivity contribution < 1.29 is 8.42 Å². The molecule has 1 unspecified atom stereocenters. The third-order valence-electron chi connectivity index (χ3n) is 3.47. The highest BCUT2D eigenvalue weighted by Crippen LogP contribution is 2.12. The first-order valence-corrected chi connectivity index (χ1v) is 8.35. The quantitative estimate of drug-likeness (QED) is 0.729. The van der Waals surface area contributed by atoms with Crippen molar-refractivity contribution in [2.75, 3.05) is 46.5 Å². The molecule has 5 nitrogen and oxygen atoms in total. The fraction of sp³-hybridized carbons (Fsp3) is 1.00. The van der Waals surface area contributed by atoms with Gasteiger partial charge in [-0.2, -0.15) is 0 Å². The Morgan fingerprint density at radius 1 is 1.17 bits per heavy atom. The molecule has 1 atom stereocenters. The Bertz CT molecular complexity index is 324. The van der Waals surface area contributed by atoms with E-state index in [4.69, 9.17) is 0 Å². The standard InChI is InChI=1S/C12H27N3O2S/c1-14(2)9-10-15(3)18(16,17)11-7-12-6-4-5-8-13-12/h12-13H,4-11H2,1-3H3. The second-order valence-electron chi connectivity index (χ2n) is 5.38. The first kappa shape index (κ1) is 15.9. The van der Waals surface area contributed by atoms with Crippen molar-refractivity contribution in [3.63, 3.8) is 0 Å². The van der Waals surface area contributed by atoms with Crippen molar-refractivity contribution in [1.29, 1.82) is 0 Å². The molecule has 1 rings (SSSR count). The summed E-state index contributed by atoms with van der Waals surface area (Å²) < 4.78 is 25.6. The van der Waals surface area contributed by atoms with Gasteiger partial charge < -0.3 is 10.2 Å². The molecule has 0 aromatic rings. The summed E-state index contributed by atoms with van der Waals surface area (Å²) in [5.74, 6) is 0.259. The Labute approximate surface area is 112 Å². The molecule has 0 saturated carbocycles. The average Bonchev–Trinajstić information content (AvgIpc) is 2.34. The van der Waals surface area contributed by atoms with Crippen molar-refractivity contribution in [3.05, 3.63) is 0 Å². The van der Waals surface area contributed by atoms with Gasteiger partial charge in [0.15, 0.2) is 0 Å². The highest BCUT2D eigenvalue weighted by Gasteiger charge is 2.21. The highest BCUT2D eigenvalue weighted by atomic mass is 32.2. The minimum Gasteiger partial charge on any atom is -0.314 e. The summed E-state index contributed by atoms with van der Waals surface area (Å²) in [6.45, 7) is 2.35. The first-order chi connectivity index (χ1) is 8.42. The number of sulfonamides is 1. The molecule has 6 heteroatoms. The third kappa shape index (κ3) is 5.65. The van der Waals surface area contributed by atoms with Gasteiger partial charge in [-0.1, -0.05) is 6.42 Å². The lowest BCUT2D eigenvalue weighted by Gasteiger charge is -2.25. The zero-order chi connectivity index (χ0) is 13.6. The number of rotatable bonds is 7. The van der Waals surface area contributed by atoms with E-state index in [9.17, 15) is 8.42 Å². The minimum atomic E-state index is -3.09. The van der Waals surface area contributed by atoms with Crippen LogP contribution in [0.25, 0.3) is 0 Å². The zero-order valence-corrected chi connectivity index (χ0v) is 12.7. The highest BCUT2D eigenvalue weighted by molar-refractivity contribution is 7.89.